The molecule has 4 aliphatic carbocycles. The van der Waals surface area contributed by atoms with Crippen LogP contribution in [0.1, 0.15) is 71.2 Å². The predicted molar refractivity (Wildman–Crippen MR) is 185 cm³/mol. The monoisotopic (exact) mass is 716 g/mol. The number of alkyl halides is 2. The van der Waals surface area contributed by atoms with Crippen LogP contribution in [0.3, 0.4) is 0 Å². The highest BCUT2D eigenvalue weighted by Gasteiger charge is 2.78. The van der Waals surface area contributed by atoms with Gasteiger partial charge in [0.05, 0.1) is 23.2 Å². The number of likely N-dealkylation sites (N-methyl/N-ethyl adjacent to an activating group) is 1. The number of fused-ring (bicyclic) bond motifs is 5. The fraction of sp³-hybridized carbons (Fsp3) is 0.649. The molecule has 4 aliphatic rings. The molecule has 0 bridgehead atoms. The second-order valence-electron chi connectivity index (χ2n) is 16.8. The summed E-state index contributed by atoms with van der Waals surface area (Å²) >= 11 is 0. The van der Waals surface area contributed by atoms with Gasteiger partial charge in [0.15, 0.2) is 25.4 Å². The molecule has 0 aromatic heterocycles. The molecule has 9 atom stereocenters. The Morgan fingerprint density at radius 3 is 2.46 bits per heavy atom. The van der Waals surface area contributed by atoms with Gasteiger partial charge in [-0.25, -0.2) is 13.6 Å². The second-order valence-corrected chi connectivity index (χ2v) is 21.6. The quantitative estimate of drug-likeness (QED) is 0.139. The van der Waals surface area contributed by atoms with Gasteiger partial charge in [-0.1, -0.05) is 46.8 Å². The van der Waals surface area contributed by atoms with Crippen LogP contribution < -0.4 is 0 Å². The normalized spacial score (nSPS) is 36.5. The van der Waals surface area contributed by atoms with Crippen LogP contribution in [0.25, 0.3) is 0 Å². The van der Waals surface area contributed by atoms with Crippen LogP contribution in [-0.2, 0) is 18.8 Å². The molecule has 274 valence electrons. The summed E-state index contributed by atoms with van der Waals surface area (Å²) in [7, 11) is -0.615. The third-order valence-electron chi connectivity index (χ3n) is 13.1. The van der Waals surface area contributed by atoms with Gasteiger partial charge in [0, 0.05) is 48.4 Å². The number of hydrogen-bond acceptors (Lipinski definition) is 8. The zero-order valence-corrected chi connectivity index (χ0v) is 31.4. The topological polar surface area (TPSA) is 136 Å². The van der Waals surface area contributed by atoms with E-state index in [9.17, 15) is 29.6 Å². The van der Waals surface area contributed by atoms with E-state index in [0.29, 0.717) is 0 Å². The van der Waals surface area contributed by atoms with E-state index in [1.54, 1.807) is 20.9 Å². The molecule has 3 saturated carbocycles. The van der Waals surface area contributed by atoms with E-state index >= 15 is 8.78 Å². The maximum Gasteiger partial charge on any atom is 0.339 e. The molecular weight excluding hydrogens is 666 g/mol. The number of nitro benzene ring substituents is 1. The number of carbonyl (C=O) groups is 3. The first-order chi connectivity index (χ1) is 23.0. The van der Waals surface area contributed by atoms with Crippen molar-refractivity contribution in [3.63, 3.8) is 0 Å². The Labute approximate surface area is 293 Å². The number of halogens is 2. The van der Waals surface area contributed by atoms with Gasteiger partial charge in [-0.2, -0.15) is 0 Å². The van der Waals surface area contributed by atoms with Crippen LogP contribution >= 0.6 is 0 Å². The van der Waals surface area contributed by atoms with Gasteiger partial charge >= 0.3 is 5.97 Å². The highest BCUT2D eigenvalue weighted by Crippen LogP contribution is 2.71. The van der Waals surface area contributed by atoms with E-state index in [4.69, 9.17) is 9.16 Å². The third-order valence-corrected chi connectivity index (χ3v) is 17.6. The minimum Gasteiger partial charge on any atom is -0.444 e. The summed E-state index contributed by atoms with van der Waals surface area (Å²) in [5.41, 5.74) is -7.88. The Bertz CT molecular complexity index is 1660. The first-order valence-electron chi connectivity index (χ1n) is 17.3. The van der Waals surface area contributed by atoms with Crippen LogP contribution in [0.2, 0.25) is 18.1 Å². The van der Waals surface area contributed by atoms with Gasteiger partial charge in [0.2, 0.25) is 0 Å². The van der Waals surface area contributed by atoms with Crippen LogP contribution in [0.15, 0.2) is 48.1 Å². The molecule has 50 heavy (non-hydrogen) atoms. The summed E-state index contributed by atoms with van der Waals surface area (Å²) in [5.74, 6) is -4.57. The van der Waals surface area contributed by atoms with Crippen molar-refractivity contribution in [1.29, 1.82) is 0 Å². The van der Waals surface area contributed by atoms with E-state index in [1.807, 2.05) is 0 Å². The number of nitrogens with zero attached hydrogens (tertiary/aromatic N) is 2. The molecule has 10 nitrogen and oxygen atoms in total. The van der Waals surface area contributed by atoms with Gasteiger partial charge in [-0.3, -0.25) is 19.7 Å². The molecular formula is C37H50F2N2O8Si. The highest BCUT2D eigenvalue weighted by molar-refractivity contribution is 6.74. The van der Waals surface area contributed by atoms with Gasteiger partial charge in [-0.05, 0) is 74.0 Å². The Morgan fingerprint density at radius 1 is 1.18 bits per heavy atom. The molecule has 3 fully saturated rings. The molecule has 0 saturated heterocycles. The van der Waals surface area contributed by atoms with Crippen LogP contribution in [0.5, 0.6) is 0 Å². The number of allylic oxidation sites excluding steroid dienone is 4. The summed E-state index contributed by atoms with van der Waals surface area (Å²) in [6.45, 7) is 15.8. The third kappa shape index (κ3) is 5.49. The first-order valence-corrected chi connectivity index (χ1v) is 20.2. The summed E-state index contributed by atoms with van der Waals surface area (Å²) in [6.07, 6.45) is -0.199. The summed E-state index contributed by atoms with van der Waals surface area (Å²) < 4.78 is 46.7. The largest absolute Gasteiger partial charge is 0.444 e. The molecule has 13 heteroatoms. The maximum atomic E-state index is 17.9. The minimum atomic E-state index is -2.39. The number of nitro groups is 1. The van der Waals surface area contributed by atoms with E-state index in [1.165, 1.54) is 42.2 Å². The number of hydrogen-bond donors (Lipinski definition) is 1. The smallest absolute Gasteiger partial charge is 0.339 e. The molecule has 0 radical (unpaired) electrons. The lowest BCUT2D eigenvalue weighted by molar-refractivity contribution is -0.384. The number of ketones is 1. The van der Waals surface area contributed by atoms with Crippen molar-refractivity contribution >= 4 is 31.7 Å². The molecule has 1 amide bonds. The number of rotatable bonds is 8. The van der Waals surface area contributed by atoms with E-state index in [0.717, 1.165) is 12.1 Å². The van der Waals surface area contributed by atoms with Crippen molar-refractivity contribution in [3.05, 3.63) is 63.7 Å². The van der Waals surface area contributed by atoms with Gasteiger partial charge in [0.25, 0.3) is 11.6 Å². The second kappa shape index (κ2) is 12.4. The van der Waals surface area contributed by atoms with E-state index in [2.05, 4.69) is 33.9 Å². The number of aliphatic hydroxyl groups is 1. The lowest BCUT2D eigenvalue weighted by Gasteiger charge is -2.63. The molecule has 1 N–H and O–H groups in total. The standard InChI is InChI=1S/C37H50F2N2O8Si/c1-22-17-26-27-20-29(38)28-19-25(42)13-14-34(28,5)36(27,39)30(43)21-35(26,6)37(22,49-31(44)23-11-10-12-24(18-23)41(46)47)32(45)40(7)15-16-48-50(8,9)33(2,3)4/h10-14,18-19,22,26-27,29-30,43H,15-17,20-21H2,1-9H3/t22-,26+,27+,29+,30+,34+,35+,36+,37+/m1/s1. The lowest BCUT2D eigenvalue weighted by atomic mass is 9.44. The molecule has 0 heterocycles. The fourth-order valence-electron chi connectivity index (χ4n) is 9.23. The molecule has 5 rings (SSSR count). The minimum absolute atomic E-state index is 0.0154. The molecule has 0 aliphatic heterocycles. The van der Waals surface area contributed by atoms with Crippen molar-refractivity contribution < 1.29 is 42.4 Å². The van der Waals surface area contributed by atoms with Gasteiger partial charge in [-0.15, -0.1) is 0 Å². The number of ether oxygens (including phenoxy) is 1. The zero-order valence-electron chi connectivity index (χ0n) is 30.4. The molecule has 0 unspecified atom stereocenters. The molecule has 1 aromatic carbocycles. The molecule has 0 spiro atoms. The Kier molecular flexibility index (Phi) is 9.44. The summed E-state index contributed by atoms with van der Waals surface area (Å²) in [4.78, 5) is 53.5. The predicted octanol–water partition coefficient (Wildman–Crippen LogP) is 6.54. The Balaban J connectivity index is 1.59. The summed E-state index contributed by atoms with van der Waals surface area (Å²) in [5, 5.41) is 23.4. The Hall–Kier alpha value is -3.29. The van der Waals surface area contributed by atoms with Crippen LogP contribution in [0, 0.1) is 38.7 Å². The zero-order chi connectivity index (χ0) is 37.4. The average molecular weight is 717 g/mol. The summed E-state index contributed by atoms with van der Waals surface area (Å²) in [6, 6.07) is 5.00. The number of esters is 1. The van der Waals surface area contributed by atoms with Crippen molar-refractivity contribution in [1.82, 2.24) is 4.90 Å². The number of aliphatic hydroxyl groups excluding tert-OH is 1. The van der Waals surface area contributed by atoms with Crippen molar-refractivity contribution in [2.24, 2.45) is 28.6 Å². The number of non-ortho nitro benzene ring substituents is 1. The van der Waals surface area contributed by atoms with Crippen LogP contribution in [0.4, 0.5) is 14.5 Å². The lowest BCUT2D eigenvalue weighted by Crippen LogP contribution is -2.71. The number of amides is 1. The average Bonchev–Trinajstić information content (AvgIpc) is 3.24. The van der Waals surface area contributed by atoms with E-state index < -0.39 is 83.0 Å². The van der Waals surface area contributed by atoms with Crippen molar-refractivity contribution in [3.8, 4) is 0 Å². The highest BCUT2D eigenvalue weighted by atomic mass is 28.4. The maximum absolute atomic E-state index is 17.9. The first kappa shape index (κ1) is 37.9. The molecule has 1 aromatic rings. The fourth-order valence-corrected chi connectivity index (χ4v) is 10.3. The number of benzene rings is 1. The Morgan fingerprint density at radius 2 is 1.84 bits per heavy atom. The SMILES string of the molecule is C[C@@H]1C[C@H]2[C@@H]3C[C@H](F)C4=CC(=O)C=C[C@]4(C)[C@@]3(F)[C@@H](O)C[C@]2(C)[C@@]1(OC(=O)c1cccc([N+](=O)[O-])c1)C(=O)N(C)CCO[Si](C)(C)C(C)(C)C. The van der Waals surface area contributed by atoms with E-state index in [-0.39, 0.29) is 54.3 Å². The number of carbonyl (C=O) groups excluding carboxylic acids is 3. The van der Waals surface area contributed by atoms with Crippen LogP contribution in [-0.4, -0.2) is 84.7 Å². The van der Waals surface area contributed by atoms with Crippen molar-refractivity contribution in [2.45, 2.75) is 102 Å². The van der Waals surface area contributed by atoms with Crippen molar-refractivity contribution in [2.75, 3.05) is 20.2 Å². The van der Waals surface area contributed by atoms with Gasteiger partial charge < -0.3 is 19.2 Å². The van der Waals surface area contributed by atoms with Gasteiger partial charge in [0.1, 0.15) is 6.17 Å².